The van der Waals surface area contributed by atoms with Gasteiger partial charge in [0.1, 0.15) is 5.75 Å². The van der Waals surface area contributed by atoms with Gasteiger partial charge in [-0.2, -0.15) is 0 Å². The number of benzene rings is 2. The summed E-state index contributed by atoms with van der Waals surface area (Å²) in [5, 5.41) is 3.39. The van der Waals surface area contributed by atoms with Crippen LogP contribution in [0.4, 0.5) is 5.95 Å². The van der Waals surface area contributed by atoms with E-state index >= 15 is 0 Å². The monoisotopic (exact) mass is 557 g/mol. The second-order valence-electron chi connectivity index (χ2n) is 8.84. The minimum absolute atomic E-state index is 0.528. The molecule has 0 aliphatic carbocycles. The van der Waals surface area contributed by atoms with E-state index in [9.17, 15) is 0 Å². The fourth-order valence-corrected chi connectivity index (χ4v) is 4.16. The van der Waals surface area contributed by atoms with E-state index in [4.69, 9.17) is 15.5 Å². The predicted molar refractivity (Wildman–Crippen MR) is 178 cm³/mol. The number of methoxy groups -OCH3 is 1. The van der Waals surface area contributed by atoms with Crippen molar-refractivity contribution in [3.63, 3.8) is 0 Å². The van der Waals surface area contributed by atoms with Gasteiger partial charge in [0, 0.05) is 31.6 Å². The van der Waals surface area contributed by atoms with Gasteiger partial charge in [0.15, 0.2) is 0 Å². The Morgan fingerprint density at radius 2 is 1.71 bits per heavy atom. The molecule has 0 unspecified atom stereocenters. The molecule has 2 aromatic carbocycles. The lowest BCUT2D eigenvalue weighted by Gasteiger charge is -2.22. The van der Waals surface area contributed by atoms with Crippen molar-refractivity contribution in [2.24, 2.45) is 5.73 Å². The predicted octanol–water partition coefficient (Wildman–Crippen LogP) is 8.61. The number of allylic oxidation sites excluding steroid dienone is 3. The summed E-state index contributed by atoms with van der Waals surface area (Å²) in [6, 6.07) is 16.2. The van der Waals surface area contributed by atoms with Gasteiger partial charge >= 0.3 is 0 Å². The van der Waals surface area contributed by atoms with Gasteiger partial charge in [0.2, 0.25) is 5.95 Å². The van der Waals surface area contributed by atoms with Gasteiger partial charge in [-0.3, -0.25) is 0 Å². The largest absolute Gasteiger partial charge is 0.496 e. The lowest BCUT2D eigenvalue weighted by Crippen LogP contribution is -2.17. The third kappa shape index (κ3) is 10.1. The number of hydrogen-bond acceptors (Lipinski definition) is 6. The van der Waals surface area contributed by atoms with Gasteiger partial charge in [0.05, 0.1) is 24.2 Å². The van der Waals surface area contributed by atoms with E-state index < -0.39 is 0 Å². The lowest BCUT2D eigenvalue weighted by atomic mass is 10.0. The van der Waals surface area contributed by atoms with E-state index in [1.54, 1.807) is 13.3 Å². The van der Waals surface area contributed by atoms with Gasteiger partial charge in [-0.15, -0.1) is 0 Å². The van der Waals surface area contributed by atoms with Gasteiger partial charge in [0.25, 0.3) is 0 Å². The van der Waals surface area contributed by atoms with Crippen LogP contribution in [0.5, 0.6) is 5.75 Å². The summed E-state index contributed by atoms with van der Waals surface area (Å²) < 4.78 is 5.60. The van der Waals surface area contributed by atoms with Gasteiger partial charge in [-0.05, 0) is 56.0 Å². The molecule has 6 heteroatoms. The molecule has 3 aromatic rings. The van der Waals surface area contributed by atoms with Crippen molar-refractivity contribution >= 4 is 17.3 Å². The van der Waals surface area contributed by atoms with Crippen molar-refractivity contribution in [1.29, 1.82) is 0 Å². The van der Waals surface area contributed by atoms with Gasteiger partial charge in [-0.25, -0.2) is 9.97 Å². The van der Waals surface area contributed by atoms with Crippen molar-refractivity contribution in [2.75, 3.05) is 19.5 Å². The first kappa shape index (κ1) is 35.0. The molecule has 41 heavy (non-hydrogen) atoms. The van der Waals surface area contributed by atoms with Crippen molar-refractivity contribution in [3.05, 3.63) is 107 Å². The Kier molecular flexibility index (Phi) is 16.3. The van der Waals surface area contributed by atoms with E-state index in [0.717, 1.165) is 41.1 Å². The number of nitrogens with zero attached hydrogens (tertiary/aromatic N) is 3. The Labute approximate surface area is 249 Å². The zero-order chi connectivity index (χ0) is 30.8. The lowest BCUT2D eigenvalue weighted by molar-refractivity contribution is 0.409. The first-order chi connectivity index (χ1) is 19.9. The Morgan fingerprint density at radius 1 is 1.02 bits per heavy atom. The van der Waals surface area contributed by atoms with E-state index in [0.29, 0.717) is 18.2 Å². The average Bonchev–Trinajstić information content (AvgIpc) is 3.02. The van der Waals surface area contributed by atoms with Crippen molar-refractivity contribution < 1.29 is 4.74 Å². The molecule has 6 nitrogen and oxygen atoms in total. The molecule has 0 radical (unpaired) electrons. The second-order valence-corrected chi connectivity index (χ2v) is 8.84. The summed E-state index contributed by atoms with van der Waals surface area (Å²) in [5.74, 6) is 1.38. The smallest absolute Gasteiger partial charge is 0.223 e. The maximum absolute atomic E-state index is 6.78. The van der Waals surface area contributed by atoms with E-state index in [2.05, 4.69) is 68.3 Å². The molecule has 0 bridgehead atoms. The number of anilines is 1. The highest BCUT2D eigenvalue weighted by Crippen LogP contribution is 2.27. The number of aromatic nitrogens is 2. The van der Waals surface area contributed by atoms with Gasteiger partial charge in [-0.1, -0.05) is 95.2 Å². The summed E-state index contributed by atoms with van der Waals surface area (Å²) in [7, 11) is 3.69. The van der Waals surface area contributed by atoms with Crippen LogP contribution in [-0.4, -0.2) is 29.0 Å². The average molecular weight is 558 g/mol. The number of hydrogen-bond donors (Lipinski definition) is 2. The number of nitrogens with one attached hydrogen (secondary N) is 1. The van der Waals surface area contributed by atoms with Crippen LogP contribution in [0, 0.1) is 6.92 Å². The van der Waals surface area contributed by atoms with Crippen LogP contribution in [0.1, 0.15) is 82.8 Å². The van der Waals surface area contributed by atoms with Crippen LogP contribution >= 0.6 is 0 Å². The molecule has 0 amide bonds. The number of rotatable bonds is 11. The summed E-state index contributed by atoms with van der Waals surface area (Å²) in [5.41, 5.74) is 14.7. The highest BCUT2D eigenvalue weighted by molar-refractivity contribution is 5.87. The minimum Gasteiger partial charge on any atom is -0.496 e. The van der Waals surface area contributed by atoms with E-state index in [1.165, 1.54) is 16.7 Å². The van der Waals surface area contributed by atoms with E-state index in [1.807, 2.05) is 76.2 Å². The number of ether oxygens (including phenoxy) is 1. The molecule has 3 rings (SSSR count). The maximum Gasteiger partial charge on any atom is 0.223 e. The van der Waals surface area contributed by atoms with Crippen LogP contribution < -0.4 is 15.8 Å². The molecular formula is C35H51N5O. The number of aryl methyl sites for hydroxylation is 2. The molecule has 0 spiro atoms. The molecule has 0 saturated carbocycles. The summed E-state index contributed by atoms with van der Waals surface area (Å²) in [6.45, 7) is 17.0. The molecule has 1 heterocycles. The van der Waals surface area contributed by atoms with Crippen LogP contribution in [0.25, 0.3) is 11.4 Å². The zero-order valence-corrected chi connectivity index (χ0v) is 26.9. The fourth-order valence-electron chi connectivity index (χ4n) is 4.16. The SMILES string of the molecule is C/C=C(\C=C/N(C)/C(=C(\N)c1ccc(C)cc1)c1ccnc(NCc2c(CC)cccc2OC)n1)CC.CC.CC. The van der Waals surface area contributed by atoms with Gasteiger partial charge < -0.3 is 20.7 Å². The molecule has 222 valence electrons. The minimum atomic E-state index is 0.528. The summed E-state index contributed by atoms with van der Waals surface area (Å²) in [6.07, 6.45) is 9.89. The Bertz CT molecular complexity index is 1250. The number of nitrogens with two attached hydrogens (primary N) is 1. The van der Waals surface area contributed by atoms with Crippen LogP contribution in [0.15, 0.2) is 78.7 Å². The van der Waals surface area contributed by atoms with Crippen molar-refractivity contribution in [3.8, 4) is 5.75 Å². The summed E-state index contributed by atoms with van der Waals surface area (Å²) in [4.78, 5) is 11.4. The topological polar surface area (TPSA) is 76.3 Å². The normalized spacial score (nSPS) is 11.5. The molecular weight excluding hydrogens is 506 g/mol. The first-order valence-electron chi connectivity index (χ1n) is 14.8. The highest BCUT2D eigenvalue weighted by atomic mass is 16.5. The Morgan fingerprint density at radius 3 is 2.29 bits per heavy atom. The molecule has 0 saturated heterocycles. The molecule has 0 aliphatic heterocycles. The zero-order valence-electron chi connectivity index (χ0n) is 26.9. The quantitative estimate of drug-likeness (QED) is 0.230. The van der Waals surface area contributed by atoms with Crippen LogP contribution in [0.3, 0.4) is 0 Å². The third-order valence-corrected chi connectivity index (χ3v) is 6.41. The fraction of sp³-hybridized carbons (Fsp3) is 0.371. The van der Waals surface area contributed by atoms with E-state index in [-0.39, 0.29) is 0 Å². The Hall–Kier alpha value is -4.06. The molecule has 1 aromatic heterocycles. The molecule has 0 fully saturated rings. The molecule has 3 N–H and O–H groups in total. The first-order valence-corrected chi connectivity index (χ1v) is 14.8. The van der Waals surface area contributed by atoms with Crippen LogP contribution in [-0.2, 0) is 13.0 Å². The van der Waals surface area contributed by atoms with Crippen molar-refractivity contribution in [1.82, 2.24) is 14.9 Å². The maximum atomic E-state index is 6.78. The third-order valence-electron chi connectivity index (χ3n) is 6.41. The second kappa shape index (κ2) is 19.1. The molecule has 0 atom stereocenters. The van der Waals surface area contributed by atoms with Crippen molar-refractivity contribution in [2.45, 2.75) is 74.8 Å². The Balaban J connectivity index is 0.00000201. The highest BCUT2D eigenvalue weighted by Gasteiger charge is 2.16. The summed E-state index contributed by atoms with van der Waals surface area (Å²) >= 11 is 0. The standard InChI is InChI=1S/C31H39N5O.2C2H6/c1-7-23(8-2)18-20-36(5)30(29(32)25-15-13-22(4)14-16-25)27-17-19-33-31(35-27)34-21-26-24(9-3)11-10-12-28(26)37-6;2*1-2/h7,10-20H,8-9,21,32H2,1-6H3,(H,33,34,35);2*1-2H3/b20-18-,23-7-,30-29-;;. The van der Waals surface area contributed by atoms with Crippen LogP contribution in [0.2, 0.25) is 0 Å². The molecule has 0 aliphatic rings.